The Morgan fingerprint density at radius 3 is 2.45 bits per heavy atom. The number of phenols is 1. The van der Waals surface area contributed by atoms with Gasteiger partial charge in [0.15, 0.2) is 17.5 Å². The number of benzene rings is 2. The molecule has 4 rings (SSSR count). The average molecular weight is 538 g/mol. The number of aromatic hydroxyl groups is 1. The van der Waals surface area contributed by atoms with Crippen molar-refractivity contribution in [1.82, 2.24) is 15.1 Å². The van der Waals surface area contributed by atoms with Gasteiger partial charge in [0.25, 0.3) is 0 Å². The molecular weight excluding hydrogens is 507 g/mol. The maximum atomic E-state index is 9.37. The third kappa shape index (κ3) is 6.39. The van der Waals surface area contributed by atoms with Gasteiger partial charge in [-0.25, -0.2) is 0 Å². The summed E-state index contributed by atoms with van der Waals surface area (Å²) in [7, 11) is 1.85. The summed E-state index contributed by atoms with van der Waals surface area (Å²) in [6, 6.07) is 13.6. The van der Waals surface area contributed by atoms with Gasteiger partial charge in [-0.15, -0.1) is 24.0 Å². The molecule has 0 aliphatic carbocycles. The molecule has 0 unspecified atom stereocenters. The number of piperazine rings is 1. The number of rotatable bonds is 6. The van der Waals surface area contributed by atoms with Crippen molar-refractivity contribution >= 4 is 29.9 Å². The van der Waals surface area contributed by atoms with Crippen molar-refractivity contribution in [2.24, 2.45) is 4.99 Å². The van der Waals surface area contributed by atoms with Crippen LogP contribution in [0.15, 0.2) is 47.5 Å². The van der Waals surface area contributed by atoms with Crippen LogP contribution in [0.2, 0.25) is 0 Å². The molecule has 0 aromatic heterocycles. The number of ether oxygens (including phenoxy) is 2. The fraction of sp³-hybridized carbons (Fsp3) is 0.435. The molecule has 0 saturated carbocycles. The SMILES string of the molecule is CN=C(NCCCc1ccc(O)cc1)N1CCN(Cc2ccc3c(c2)OCO3)CC1.I. The number of nitrogens with zero attached hydrogens (tertiary/aromatic N) is 3. The maximum Gasteiger partial charge on any atom is 0.231 e. The molecule has 0 radical (unpaired) electrons. The van der Waals surface area contributed by atoms with Gasteiger partial charge < -0.3 is 24.8 Å². The number of aliphatic imine (C=N–C) groups is 1. The molecule has 2 heterocycles. The molecule has 31 heavy (non-hydrogen) atoms. The minimum absolute atomic E-state index is 0. The lowest BCUT2D eigenvalue weighted by atomic mass is 10.1. The van der Waals surface area contributed by atoms with Crippen LogP contribution in [0.25, 0.3) is 0 Å². The van der Waals surface area contributed by atoms with E-state index < -0.39 is 0 Å². The van der Waals surface area contributed by atoms with Crippen LogP contribution in [0, 0.1) is 0 Å². The Balaban J connectivity index is 0.00000272. The summed E-state index contributed by atoms with van der Waals surface area (Å²) >= 11 is 0. The quantitative estimate of drug-likeness (QED) is 0.255. The van der Waals surface area contributed by atoms with Gasteiger partial charge >= 0.3 is 0 Å². The van der Waals surface area contributed by atoms with Crippen molar-refractivity contribution < 1.29 is 14.6 Å². The molecule has 2 N–H and O–H groups in total. The van der Waals surface area contributed by atoms with Crippen LogP contribution < -0.4 is 14.8 Å². The summed E-state index contributed by atoms with van der Waals surface area (Å²) in [6.07, 6.45) is 2.00. The molecular formula is C23H31IN4O3. The van der Waals surface area contributed by atoms with Gasteiger partial charge in [-0.2, -0.15) is 0 Å². The van der Waals surface area contributed by atoms with Crippen molar-refractivity contribution in [3.05, 3.63) is 53.6 Å². The number of halogens is 1. The lowest BCUT2D eigenvalue weighted by molar-refractivity contribution is 0.171. The molecule has 2 aromatic carbocycles. The van der Waals surface area contributed by atoms with Crippen molar-refractivity contribution in [2.45, 2.75) is 19.4 Å². The van der Waals surface area contributed by atoms with E-state index in [1.54, 1.807) is 12.1 Å². The molecule has 168 valence electrons. The summed E-state index contributed by atoms with van der Waals surface area (Å²) in [5.41, 5.74) is 2.49. The second kappa shape index (κ2) is 11.4. The Kier molecular flexibility index (Phi) is 8.65. The van der Waals surface area contributed by atoms with Gasteiger partial charge in [0.1, 0.15) is 5.75 Å². The number of phenolic OH excluding ortho intramolecular Hbond substituents is 1. The second-order valence-corrected chi connectivity index (χ2v) is 7.69. The zero-order chi connectivity index (χ0) is 20.8. The predicted molar refractivity (Wildman–Crippen MR) is 133 cm³/mol. The van der Waals surface area contributed by atoms with Crippen LogP contribution in [0.5, 0.6) is 17.2 Å². The highest BCUT2D eigenvalue weighted by molar-refractivity contribution is 14.0. The highest BCUT2D eigenvalue weighted by Gasteiger charge is 2.20. The molecule has 2 aromatic rings. The van der Waals surface area contributed by atoms with Crippen LogP contribution in [-0.4, -0.2) is 67.4 Å². The predicted octanol–water partition coefficient (Wildman–Crippen LogP) is 3.06. The van der Waals surface area contributed by atoms with E-state index in [0.717, 1.165) is 69.6 Å². The van der Waals surface area contributed by atoms with Gasteiger partial charge in [-0.1, -0.05) is 18.2 Å². The lowest BCUT2D eigenvalue weighted by Crippen LogP contribution is -2.52. The van der Waals surface area contributed by atoms with Crippen LogP contribution in [0.4, 0.5) is 0 Å². The van der Waals surface area contributed by atoms with E-state index in [1.165, 1.54) is 11.1 Å². The zero-order valence-electron chi connectivity index (χ0n) is 17.9. The normalized spacial score (nSPS) is 16.2. The first-order chi connectivity index (χ1) is 14.7. The lowest BCUT2D eigenvalue weighted by Gasteiger charge is -2.36. The Hall–Kier alpha value is -2.20. The number of guanidine groups is 1. The second-order valence-electron chi connectivity index (χ2n) is 7.69. The fourth-order valence-electron chi connectivity index (χ4n) is 3.90. The van der Waals surface area contributed by atoms with E-state index >= 15 is 0 Å². The van der Waals surface area contributed by atoms with Gasteiger partial charge in [-0.3, -0.25) is 9.89 Å². The molecule has 7 nitrogen and oxygen atoms in total. The first kappa shape index (κ1) is 23.5. The van der Waals surface area contributed by atoms with Gasteiger partial charge in [0, 0.05) is 46.3 Å². The van der Waals surface area contributed by atoms with Crippen molar-refractivity contribution in [3.8, 4) is 17.2 Å². The van der Waals surface area contributed by atoms with Crippen LogP contribution in [0.1, 0.15) is 17.5 Å². The van der Waals surface area contributed by atoms with Gasteiger partial charge in [0.05, 0.1) is 0 Å². The monoisotopic (exact) mass is 538 g/mol. The van der Waals surface area contributed by atoms with E-state index in [-0.39, 0.29) is 24.0 Å². The third-order valence-electron chi connectivity index (χ3n) is 5.59. The Morgan fingerprint density at radius 2 is 1.71 bits per heavy atom. The summed E-state index contributed by atoms with van der Waals surface area (Å²) in [4.78, 5) is 9.26. The Bertz CT molecular complexity index is 868. The third-order valence-corrected chi connectivity index (χ3v) is 5.59. The van der Waals surface area contributed by atoms with E-state index in [9.17, 15) is 5.11 Å². The van der Waals surface area contributed by atoms with Gasteiger partial charge in [-0.05, 0) is 48.2 Å². The van der Waals surface area contributed by atoms with Crippen molar-refractivity contribution in [1.29, 1.82) is 0 Å². The van der Waals surface area contributed by atoms with Crippen LogP contribution in [-0.2, 0) is 13.0 Å². The van der Waals surface area contributed by atoms with E-state index in [4.69, 9.17) is 9.47 Å². The molecule has 1 saturated heterocycles. The Labute approximate surface area is 201 Å². The standard InChI is InChI=1S/C23H30N4O3.HI/c1-24-23(25-10-2-3-18-4-7-20(28)8-5-18)27-13-11-26(12-14-27)16-19-6-9-21-22(15-19)30-17-29-21;/h4-9,15,28H,2-3,10-14,16-17H2,1H3,(H,24,25);1H. The summed E-state index contributed by atoms with van der Waals surface area (Å²) in [5.74, 6) is 2.98. The smallest absolute Gasteiger partial charge is 0.231 e. The molecule has 1 fully saturated rings. The van der Waals surface area contributed by atoms with Crippen molar-refractivity contribution in [3.63, 3.8) is 0 Å². The van der Waals surface area contributed by atoms with E-state index in [1.807, 2.05) is 25.2 Å². The first-order valence-electron chi connectivity index (χ1n) is 10.6. The molecule has 0 bridgehead atoms. The number of hydrogen-bond acceptors (Lipinski definition) is 5. The van der Waals surface area contributed by atoms with Crippen LogP contribution >= 0.6 is 24.0 Å². The van der Waals surface area contributed by atoms with E-state index in [2.05, 4.69) is 32.2 Å². The molecule has 8 heteroatoms. The minimum Gasteiger partial charge on any atom is -0.508 e. The highest BCUT2D eigenvalue weighted by Crippen LogP contribution is 2.32. The van der Waals surface area contributed by atoms with Gasteiger partial charge in [0.2, 0.25) is 6.79 Å². The number of nitrogens with one attached hydrogen (secondary N) is 1. The molecule has 2 aliphatic heterocycles. The average Bonchev–Trinajstić information content (AvgIpc) is 3.24. The topological polar surface area (TPSA) is 69.6 Å². The Morgan fingerprint density at radius 1 is 1.00 bits per heavy atom. The molecule has 0 atom stereocenters. The summed E-state index contributed by atoms with van der Waals surface area (Å²) in [6.45, 7) is 6.04. The molecule has 0 amide bonds. The number of fused-ring (bicyclic) bond motifs is 1. The fourth-order valence-corrected chi connectivity index (χ4v) is 3.90. The van der Waals surface area contributed by atoms with Crippen molar-refractivity contribution in [2.75, 3.05) is 46.6 Å². The molecule has 0 spiro atoms. The maximum absolute atomic E-state index is 9.37. The first-order valence-corrected chi connectivity index (χ1v) is 10.6. The van der Waals surface area contributed by atoms with E-state index in [0.29, 0.717) is 12.5 Å². The zero-order valence-corrected chi connectivity index (χ0v) is 20.2. The molecule has 2 aliphatic rings. The summed E-state index contributed by atoms with van der Waals surface area (Å²) < 4.78 is 10.9. The number of hydrogen-bond donors (Lipinski definition) is 2. The summed E-state index contributed by atoms with van der Waals surface area (Å²) in [5, 5.41) is 12.9. The highest BCUT2D eigenvalue weighted by atomic mass is 127. The number of aryl methyl sites for hydroxylation is 1. The minimum atomic E-state index is 0. The van der Waals surface area contributed by atoms with Crippen LogP contribution in [0.3, 0.4) is 0 Å². The largest absolute Gasteiger partial charge is 0.508 e.